The Morgan fingerprint density at radius 2 is 2.00 bits per heavy atom. The summed E-state index contributed by atoms with van der Waals surface area (Å²) in [6, 6.07) is 10.9. The Labute approximate surface area is 159 Å². The molecule has 0 spiro atoms. The van der Waals surface area contributed by atoms with Crippen molar-refractivity contribution in [3.8, 4) is 5.75 Å². The van der Waals surface area contributed by atoms with Crippen molar-refractivity contribution in [3.05, 3.63) is 63.8 Å². The molecule has 25 heavy (non-hydrogen) atoms. The van der Waals surface area contributed by atoms with E-state index in [1.807, 2.05) is 6.92 Å². The van der Waals surface area contributed by atoms with E-state index in [4.69, 9.17) is 28.6 Å². The second-order valence-electron chi connectivity index (χ2n) is 5.11. The Hall–Kier alpha value is -1.89. The van der Waals surface area contributed by atoms with Gasteiger partial charge < -0.3 is 4.74 Å². The van der Waals surface area contributed by atoms with E-state index >= 15 is 0 Å². The molecule has 0 unspecified atom stereocenters. The first-order valence-electron chi connectivity index (χ1n) is 7.45. The highest BCUT2D eigenvalue weighted by Crippen LogP contribution is 2.37. The van der Waals surface area contributed by atoms with Crippen LogP contribution in [0.3, 0.4) is 0 Å². The molecule has 0 radical (unpaired) electrons. The Morgan fingerprint density at radius 3 is 2.68 bits per heavy atom. The standard InChI is InChI=1S/C18H13ClFNO2S2/c1-2-23-15-8-3-12(19)9-11(15)10-16-17(22)21(18(24)25-16)14-6-4-13(20)5-7-14/h3-10H,2H2,1H3/b16-10-. The molecule has 1 aliphatic heterocycles. The Balaban J connectivity index is 1.96. The summed E-state index contributed by atoms with van der Waals surface area (Å²) in [5.41, 5.74) is 1.23. The van der Waals surface area contributed by atoms with Crippen molar-refractivity contribution in [2.45, 2.75) is 6.92 Å². The zero-order valence-corrected chi connectivity index (χ0v) is 15.6. The number of carbonyl (C=O) groups excluding carboxylic acids is 1. The molecule has 7 heteroatoms. The molecule has 0 N–H and O–H groups in total. The molecule has 0 aliphatic carbocycles. The van der Waals surface area contributed by atoms with Crippen LogP contribution in [0.2, 0.25) is 5.02 Å². The fourth-order valence-corrected chi connectivity index (χ4v) is 3.81. The number of carbonyl (C=O) groups is 1. The van der Waals surface area contributed by atoms with Crippen LogP contribution in [0.5, 0.6) is 5.75 Å². The van der Waals surface area contributed by atoms with Gasteiger partial charge in [-0.05, 0) is 55.5 Å². The van der Waals surface area contributed by atoms with Crippen molar-refractivity contribution < 1.29 is 13.9 Å². The van der Waals surface area contributed by atoms with Crippen LogP contribution in [-0.4, -0.2) is 16.8 Å². The maximum atomic E-state index is 13.1. The maximum Gasteiger partial charge on any atom is 0.270 e. The van der Waals surface area contributed by atoms with Gasteiger partial charge in [-0.1, -0.05) is 35.6 Å². The quantitative estimate of drug-likeness (QED) is 0.522. The van der Waals surface area contributed by atoms with Crippen LogP contribution < -0.4 is 9.64 Å². The Morgan fingerprint density at radius 1 is 1.28 bits per heavy atom. The summed E-state index contributed by atoms with van der Waals surface area (Å²) in [5, 5.41) is 0.545. The van der Waals surface area contributed by atoms with Gasteiger partial charge in [0.25, 0.3) is 5.91 Å². The summed E-state index contributed by atoms with van der Waals surface area (Å²) in [6.07, 6.45) is 1.71. The molecule has 128 valence electrons. The van der Waals surface area contributed by atoms with Crippen LogP contribution in [0.1, 0.15) is 12.5 Å². The van der Waals surface area contributed by atoms with Crippen LogP contribution in [0.25, 0.3) is 6.08 Å². The van der Waals surface area contributed by atoms with E-state index in [1.54, 1.807) is 24.3 Å². The first kappa shape index (κ1) is 17.9. The average Bonchev–Trinajstić information content (AvgIpc) is 2.85. The van der Waals surface area contributed by atoms with Crippen LogP contribution in [0.15, 0.2) is 47.4 Å². The number of amides is 1. The number of halogens is 2. The molecule has 1 saturated heterocycles. The molecule has 1 heterocycles. The molecule has 2 aromatic carbocycles. The third-order valence-corrected chi connectivity index (χ3v) is 4.97. The lowest BCUT2D eigenvalue weighted by Gasteiger charge is -2.14. The van der Waals surface area contributed by atoms with Gasteiger partial charge >= 0.3 is 0 Å². The number of hydrogen-bond acceptors (Lipinski definition) is 4. The number of hydrogen-bond donors (Lipinski definition) is 0. The zero-order chi connectivity index (χ0) is 18.0. The second kappa shape index (κ2) is 7.56. The highest BCUT2D eigenvalue weighted by Gasteiger charge is 2.33. The molecule has 0 atom stereocenters. The molecule has 1 fully saturated rings. The molecule has 0 saturated carbocycles. The fraction of sp³-hybridized carbons (Fsp3) is 0.111. The number of anilines is 1. The molecular weight excluding hydrogens is 381 g/mol. The van der Waals surface area contributed by atoms with Gasteiger partial charge in [0.15, 0.2) is 4.32 Å². The molecule has 1 aliphatic rings. The minimum absolute atomic E-state index is 0.260. The Bertz CT molecular complexity index is 868. The summed E-state index contributed by atoms with van der Waals surface area (Å²) in [4.78, 5) is 14.6. The number of ether oxygens (including phenoxy) is 1. The van der Waals surface area contributed by atoms with Gasteiger partial charge in [0.05, 0.1) is 17.2 Å². The zero-order valence-electron chi connectivity index (χ0n) is 13.2. The number of benzene rings is 2. The average molecular weight is 394 g/mol. The highest BCUT2D eigenvalue weighted by molar-refractivity contribution is 8.27. The highest BCUT2D eigenvalue weighted by atomic mass is 35.5. The van der Waals surface area contributed by atoms with Crippen molar-refractivity contribution in [3.63, 3.8) is 0 Å². The molecule has 0 bridgehead atoms. The van der Waals surface area contributed by atoms with Crippen molar-refractivity contribution in [2.75, 3.05) is 11.5 Å². The summed E-state index contributed by atoms with van der Waals surface area (Å²) >= 11 is 12.6. The number of thiocarbonyl (C=S) groups is 1. The summed E-state index contributed by atoms with van der Waals surface area (Å²) in [5.74, 6) is 0.00741. The van der Waals surface area contributed by atoms with Gasteiger partial charge in [-0.25, -0.2) is 4.39 Å². The normalized spacial score (nSPS) is 16.0. The molecule has 2 aromatic rings. The predicted octanol–water partition coefficient (Wildman–Crippen LogP) is 5.28. The van der Waals surface area contributed by atoms with E-state index in [0.29, 0.717) is 37.9 Å². The monoisotopic (exact) mass is 393 g/mol. The van der Waals surface area contributed by atoms with E-state index in [1.165, 1.54) is 40.9 Å². The maximum absolute atomic E-state index is 13.1. The lowest BCUT2D eigenvalue weighted by Crippen LogP contribution is -2.27. The van der Waals surface area contributed by atoms with E-state index in [0.717, 1.165) is 0 Å². The largest absolute Gasteiger partial charge is 0.493 e. The third-order valence-electron chi connectivity index (χ3n) is 3.44. The van der Waals surface area contributed by atoms with E-state index < -0.39 is 0 Å². The lowest BCUT2D eigenvalue weighted by atomic mass is 10.1. The third kappa shape index (κ3) is 3.86. The number of thioether (sulfide) groups is 1. The van der Waals surface area contributed by atoms with Gasteiger partial charge in [-0.3, -0.25) is 9.69 Å². The first-order chi connectivity index (χ1) is 12.0. The number of rotatable bonds is 4. The molecular formula is C18H13ClFNO2S2. The van der Waals surface area contributed by atoms with Gasteiger partial charge in [0.2, 0.25) is 0 Å². The van der Waals surface area contributed by atoms with Crippen molar-refractivity contribution >= 4 is 57.6 Å². The summed E-state index contributed by atoms with van der Waals surface area (Å²) in [6.45, 7) is 2.38. The van der Waals surface area contributed by atoms with E-state index in [9.17, 15) is 9.18 Å². The van der Waals surface area contributed by atoms with E-state index in [-0.39, 0.29) is 11.7 Å². The number of nitrogens with zero attached hydrogens (tertiary/aromatic N) is 1. The Kier molecular flexibility index (Phi) is 5.42. The fourth-order valence-electron chi connectivity index (χ4n) is 2.34. The molecule has 3 rings (SSSR count). The minimum Gasteiger partial charge on any atom is -0.493 e. The molecule has 0 aromatic heterocycles. The smallest absolute Gasteiger partial charge is 0.270 e. The van der Waals surface area contributed by atoms with Gasteiger partial charge in [-0.15, -0.1) is 0 Å². The van der Waals surface area contributed by atoms with Crippen LogP contribution in [-0.2, 0) is 4.79 Å². The van der Waals surface area contributed by atoms with Crippen molar-refractivity contribution in [1.82, 2.24) is 0 Å². The summed E-state index contributed by atoms with van der Waals surface area (Å²) < 4.78 is 19.1. The molecule has 3 nitrogen and oxygen atoms in total. The van der Waals surface area contributed by atoms with Crippen LogP contribution >= 0.6 is 35.6 Å². The van der Waals surface area contributed by atoms with Gasteiger partial charge in [-0.2, -0.15) is 0 Å². The lowest BCUT2D eigenvalue weighted by molar-refractivity contribution is -0.113. The van der Waals surface area contributed by atoms with Crippen molar-refractivity contribution in [1.29, 1.82) is 0 Å². The van der Waals surface area contributed by atoms with Crippen molar-refractivity contribution in [2.24, 2.45) is 0 Å². The SMILES string of the molecule is CCOc1ccc(Cl)cc1/C=C1\SC(=S)N(c2ccc(F)cc2)C1=O. The predicted molar refractivity (Wildman–Crippen MR) is 105 cm³/mol. The van der Waals surface area contributed by atoms with E-state index in [2.05, 4.69) is 0 Å². The second-order valence-corrected chi connectivity index (χ2v) is 7.22. The van der Waals surface area contributed by atoms with Crippen LogP contribution in [0, 0.1) is 5.82 Å². The first-order valence-corrected chi connectivity index (χ1v) is 9.05. The molecule has 1 amide bonds. The van der Waals surface area contributed by atoms with Crippen LogP contribution in [0.4, 0.5) is 10.1 Å². The summed E-state index contributed by atoms with van der Waals surface area (Å²) in [7, 11) is 0. The topological polar surface area (TPSA) is 29.5 Å². The van der Waals surface area contributed by atoms with Gasteiger partial charge in [0.1, 0.15) is 11.6 Å². The van der Waals surface area contributed by atoms with Gasteiger partial charge in [0, 0.05) is 10.6 Å². The minimum atomic E-state index is -0.370.